The van der Waals surface area contributed by atoms with Crippen molar-refractivity contribution >= 4 is 17.7 Å². The number of amides is 3. The summed E-state index contributed by atoms with van der Waals surface area (Å²) >= 11 is 0. The summed E-state index contributed by atoms with van der Waals surface area (Å²) in [6, 6.07) is 4.89. The van der Waals surface area contributed by atoms with Gasteiger partial charge in [0, 0.05) is 52.6 Å². The molecule has 0 bridgehead atoms. The highest BCUT2D eigenvalue weighted by Gasteiger charge is 2.37. The lowest BCUT2D eigenvalue weighted by Gasteiger charge is -2.24. The van der Waals surface area contributed by atoms with E-state index >= 15 is 0 Å². The molecule has 1 atom stereocenters. The summed E-state index contributed by atoms with van der Waals surface area (Å²) in [6.07, 6.45) is -3.70. The summed E-state index contributed by atoms with van der Waals surface area (Å²) in [5, 5.41) is 0. The van der Waals surface area contributed by atoms with Crippen LogP contribution in [0, 0.1) is 5.92 Å². The lowest BCUT2D eigenvalue weighted by Crippen LogP contribution is -2.40. The molecule has 2 aliphatic heterocycles. The summed E-state index contributed by atoms with van der Waals surface area (Å²) in [4.78, 5) is 41.6. The molecule has 2 heterocycles. The third kappa shape index (κ3) is 5.07. The number of rotatable bonds is 3. The van der Waals surface area contributed by atoms with Crippen LogP contribution in [0.4, 0.5) is 13.2 Å². The highest BCUT2D eigenvalue weighted by atomic mass is 19.4. The van der Waals surface area contributed by atoms with Gasteiger partial charge in [-0.1, -0.05) is 12.1 Å². The monoisotopic (exact) mass is 411 g/mol. The Balaban J connectivity index is 1.61. The molecule has 0 aromatic heterocycles. The molecule has 3 rings (SSSR count). The first-order valence-corrected chi connectivity index (χ1v) is 9.63. The molecule has 1 aromatic rings. The van der Waals surface area contributed by atoms with Gasteiger partial charge in [0.15, 0.2) is 0 Å². The predicted molar refractivity (Wildman–Crippen MR) is 98.4 cm³/mol. The normalized spacial score (nSPS) is 20.8. The maximum absolute atomic E-state index is 12.9. The van der Waals surface area contributed by atoms with Crippen molar-refractivity contribution in [2.24, 2.45) is 5.92 Å². The lowest BCUT2D eigenvalue weighted by atomic mass is 10.1. The Bertz CT molecular complexity index is 797. The summed E-state index contributed by atoms with van der Waals surface area (Å²) in [6.45, 7) is 3.77. The molecule has 1 unspecified atom stereocenters. The molecule has 9 heteroatoms. The fourth-order valence-corrected chi connectivity index (χ4v) is 3.87. The molecule has 158 valence electrons. The number of benzene rings is 1. The largest absolute Gasteiger partial charge is 0.416 e. The van der Waals surface area contributed by atoms with E-state index in [9.17, 15) is 27.6 Å². The SMILES string of the molecule is CC(=O)N1CCCN(C(=O)C2CC(=O)N(Cc3cccc(C(F)(F)F)c3)C2)CC1. The molecular weight excluding hydrogens is 387 g/mol. The van der Waals surface area contributed by atoms with Crippen LogP contribution in [0.15, 0.2) is 24.3 Å². The molecule has 29 heavy (non-hydrogen) atoms. The van der Waals surface area contributed by atoms with E-state index in [0.29, 0.717) is 38.2 Å². The standard InChI is InChI=1S/C20H24F3N3O3/c1-14(27)24-6-3-7-25(9-8-24)19(29)16-11-18(28)26(13-16)12-15-4-2-5-17(10-15)20(21,22)23/h2,4-5,10,16H,3,6-9,11-13H2,1H3. The van der Waals surface area contributed by atoms with Crippen LogP contribution in [0.3, 0.4) is 0 Å². The number of likely N-dealkylation sites (tertiary alicyclic amines) is 1. The second-order valence-corrected chi connectivity index (χ2v) is 7.56. The summed E-state index contributed by atoms with van der Waals surface area (Å²) in [7, 11) is 0. The Morgan fingerprint density at radius 2 is 1.79 bits per heavy atom. The maximum Gasteiger partial charge on any atom is 0.416 e. The zero-order chi connectivity index (χ0) is 21.2. The first kappa shape index (κ1) is 21.1. The van der Waals surface area contributed by atoms with Gasteiger partial charge in [0.1, 0.15) is 0 Å². The molecule has 2 saturated heterocycles. The zero-order valence-corrected chi connectivity index (χ0v) is 16.2. The number of alkyl halides is 3. The van der Waals surface area contributed by atoms with Crippen LogP contribution in [0.2, 0.25) is 0 Å². The second kappa shape index (κ2) is 8.42. The Labute approximate surface area is 167 Å². The van der Waals surface area contributed by atoms with Gasteiger partial charge in [-0.2, -0.15) is 13.2 Å². The number of nitrogens with zero attached hydrogens (tertiary/aromatic N) is 3. The Morgan fingerprint density at radius 1 is 1.10 bits per heavy atom. The first-order valence-electron chi connectivity index (χ1n) is 9.63. The quantitative estimate of drug-likeness (QED) is 0.766. The molecular formula is C20H24F3N3O3. The number of carbonyl (C=O) groups excluding carboxylic acids is 3. The van der Waals surface area contributed by atoms with Crippen LogP contribution < -0.4 is 0 Å². The van der Waals surface area contributed by atoms with Gasteiger partial charge in [0.05, 0.1) is 11.5 Å². The molecule has 2 fully saturated rings. The van der Waals surface area contributed by atoms with Crippen molar-refractivity contribution in [2.75, 3.05) is 32.7 Å². The van der Waals surface area contributed by atoms with Gasteiger partial charge in [0.2, 0.25) is 17.7 Å². The van der Waals surface area contributed by atoms with Gasteiger partial charge in [0.25, 0.3) is 0 Å². The van der Waals surface area contributed by atoms with E-state index in [0.717, 1.165) is 12.1 Å². The number of halogens is 3. The van der Waals surface area contributed by atoms with Gasteiger partial charge in [-0.05, 0) is 24.1 Å². The van der Waals surface area contributed by atoms with E-state index in [-0.39, 0.29) is 37.2 Å². The third-order valence-corrected chi connectivity index (χ3v) is 5.44. The third-order valence-electron chi connectivity index (χ3n) is 5.44. The van der Waals surface area contributed by atoms with E-state index in [1.165, 1.54) is 17.9 Å². The summed E-state index contributed by atoms with van der Waals surface area (Å²) < 4.78 is 38.7. The van der Waals surface area contributed by atoms with E-state index in [2.05, 4.69) is 0 Å². The van der Waals surface area contributed by atoms with E-state index in [1.807, 2.05) is 0 Å². The van der Waals surface area contributed by atoms with E-state index in [4.69, 9.17) is 0 Å². The topological polar surface area (TPSA) is 60.9 Å². The van der Waals surface area contributed by atoms with Crippen molar-refractivity contribution in [3.8, 4) is 0 Å². The first-order chi connectivity index (χ1) is 13.6. The van der Waals surface area contributed by atoms with Crippen molar-refractivity contribution < 1.29 is 27.6 Å². The van der Waals surface area contributed by atoms with E-state index in [1.54, 1.807) is 15.9 Å². The molecule has 6 nitrogen and oxygen atoms in total. The zero-order valence-electron chi connectivity index (χ0n) is 16.2. The van der Waals surface area contributed by atoms with E-state index < -0.39 is 17.7 Å². The van der Waals surface area contributed by atoms with Crippen LogP contribution in [-0.2, 0) is 27.1 Å². The molecule has 1 aromatic carbocycles. The minimum atomic E-state index is -4.44. The lowest BCUT2D eigenvalue weighted by molar-refractivity contribution is -0.137. The van der Waals surface area contributed by atoms with Crippen molar-refractivity contribution in [1.29, 1.82) is 0 Å². The number of hydrogen-bond donors (Lipinski definition) is 0. The molecule has 0 N–H and O–H groups in total. The summed E-state index contributed by atoms with van der Waals surface area (Å²) in [5.74, 6) is -0.893. The Kier molecular flexibility index (Phi) is 6.14. The highest BCUT2D eigenvalue weighted by molar-refractivity contribution is 5.89. The fraction of sp³-hybridized carbons (Fsp3) is 0.550. The predicted octanol–water partition coefficient (Wildman–Crippen LogP) is 2.13. The van der Waals surface area contributed by atoms with Crippen molar-refractivity contribution in [2.45, 2.75) is 32.5 Å². The van der Waals surface area contributed by atoms with Gasteiger partial charge in [-0.3, -0.25) is 14.4 Å². The molecule has 0 aliphatic carbocycles. The van der Waals surface area contributed by atoms with Gasteiger partial charge >= 0.3 is 6.18 Å². The number of carbonyl (C=O) groups is 3. The van der Waals surface area contributed by atoms with Crippen molar-refractivity contribution in [3.63, 3.8) is 0 Å². The minimum Gasteiger partial charge on any atom is -0.341 e. The fourth-order valence-electron chi connectivity index (χ4n) is 3.87. The van der Waals surface area contributed by atoms with Gasteiger partial charge < -0.3 is 14.7 Å². The molecule has 2 aliphatic rings. The summed E-state index contributed by atoms with van der Waals surface area (Å²) in [5.41, 5.74) is -0.373. The van der Waals surface area contributed by atoms with Crippen LogP contribution in [0.1, 0.15) is 30.9 Å². The Morgan fingerprint density at radius 3 is 2.48 bits per heavy atom. The smallest absolute Gasteiger partial charge is 0.341 e. The van der Waals surface area contributed by atoms with Gasteiger partial charge in [-0.25, -0.2) is 0 Å². The van der Waals surface area contributed by atoms with Gasteiger partial charge in [-0.15, -0.1) is 0 Å². The highest BCUT2D eigenvalue weighted by Crippen LogP contribution is 2.30. The molecule has 0 spiro atoms. The number of hydrogen-bond acceptors (Lipinski definition) is 3. The maximum atomic E-state index is 12.9. The molecule has 3 amide bonds. The van der Waals surface area contributed by atoms with Crippen molar-refractivity contribution in [3.05, 3.63) is 35.4 Å². The molecule has 0 saturated carbocycles. The Hall–Kier alpha value is -2.58. The average molecular weight is 411 g/mol. The van der Waals surface area contributed by atoms with Crippen LogP contribution >= 0.6 is 0 Å². The molecule has 0 radical (unpaired) electrons. The van der Waals surface area contributed by atoms with Crippen LogP contribution in [0.25, 0.3) is 0 Å². The minimum absolute atomic E-state index is 0.0254. The van der Waals surface area contributed by atoms with Crippen LogP contribution in [0.5, 0.6) is 0 Å². The van der Waals surface area contributed by atoms with Crippen molar-refractivity contribution in [1.82, 2.24) is 14.7 Å². The van der Waals surface area contributed by atoms with Crippen LogP contribution in [-0.4, -0.2) is 65.1 Å². The average Bonchev–Trinajstić information content (AvgIpc) is 2.87. The second-order valence-electron chi connectivity index (χ2n) is 7.56.